The quantitative estimate of drug-likeness (QED) is 0.781. The molecule has 0 radical (unpaired) electrons. The highest BCUT2D eigenvalue weighted by Crippen LogP contribution is 2.61. The van der Waals surface area contributed by atoms with Crippen molar-refractivity contribution in [2.45, 2.75) is 13.3 Å². The second-order valence-electron chi connectivity index (χ2n) is 6.99. The zero-order valence-corrected chi connectivity index (χ0v) is 12.5. The van der Waals surface area contributed by atoms with E-state index in [9.17, 15) is 4.79 Å². The molecule has 0 bridgehead atoms. The fourth-order valence-electron chi connectivity index (χ4n) is 4.90. The first-order valence-corrected chi connectivity index (χ1v) is 8.03. The van der Waals surface area contributed by atoms with Crippen LogP contribution in [-0.2, 0) is 0 Å². The molecular weight excluding hydrogens is 260 g/mol. The average molecular weight is 282 g/mol. The Hall–Kier alpha value is -1.64. The minimum Gasteiger partial charge on any atom is -0.337 e. The van der Waals surface area contributed by atoms with Gasteiger partial charge in [-0.25, -0.2) is 0 Å². The van der Waals surface area contributed by atoms with E-state index in [1.165, 1.54) is 6.42 Å². The number of hydrogen-bond donors (Lipinski definition) is 0. The second kappa shape index (κ2) is 4.69. The molecule has 1 amide bonds. The van der Waals surface area contributed by atoms with Crippen molar-refractivity contribution in [2.75, 3.05) is 13.1 Å². The van der Waals surface area contributed by atoms with Crippen molar-refractivity contribution < 1.29 is 4.79 Å². The summed E-state index contributed by atoms with van der Waals surface area (Å²) >= 11 is 0. The fourth-order valence-corrected chi connectivity index (χ4v) is 4.90. The van der Waals surface area contributed by atoms with Gasteiger partial charge < -0.3 is 4.90 Å². The zero-order valence-electron chi connectivity index (χ0n) is 12.5. The third-order valence-electron chi connectivity index (χ3n) is 6.09. The molecular formula is C18H22N2O. The molecule has 110 valence electrons. The van der Waals surface area contributed by atoms with Crippen LogP contribution in [0.15, 0.2) is 37.1 Å². The first kappa shape index (κ1) is 13.1. The summed E-state index contributed by atoms with van der Waals surface area (Å²) in [5, 5.41) is 0. The molecule has 2 heterocycles. The van der Waals surface area contributed by atoms with Crippen molar-refractivity contribution in [1.82, 2.24) is 9.88 Å². The van der Waals surface area contributed by atoms with Gasteiger partial charge in [-0.1, -0.05) is 19.1 Å². The van der Waals surface area contributed by atoms with Gasteiger partial charge in [0.15, 0.2) is 0 Å². The Bertz CT molecular complexity index is 570. The van der Waals surface area contributed by atoms with Gasteiger partial charge in [-0.15, -0.1) is 6.58 Å². The Labute approximate surface area is 126 Å². The van der Waals surface area contributed by atoms with Crippen molar-refractivity contribution >= 4 is 5.91 Å². The lowest BCUT2D eigenvalue weighted by molar-refractivity contribution is 0.0775. The predicted molar refractivity (Wildman–Crippen MR) is 81.6 cm³/mol. The van der Waals surface area contributed by atoms with Gasteiger partial charge in [0.1, 0.15) is 5.69 Å². The Kier molecular flexibility index (Phi) is 2.91. The van der Waals surface area contributed by atoms with Crippen LogP contribution in [-0.4, -0.2) is 28.9 Å². The van der Waals surface area contributed by atoms with Crippen LogP contribution in [0.2, 0.25) is 0 Å². The summed E-state index contributed by atoms with van der Waals surface area (Å²) in [6.07, 6.45) is 5.22. The minimum atomic E-state index is 0.0914. The number of fused-ring (bicyclic) bond motifs is 2. The molecule has 3 nitrogen and oxygen atoms in total. The minimum absolute atomic E-state index is 0.0914. The van der Waals surface area contributed by atoms with Gasteiger partial charge in [-0.05, 0) is 54.1 Å². The number of rotatable bonds is 2. The van der Waals surface area contributed by atoms with E-state index in [0.717, 1.165) is 30.8 Å². The molecule has 3 fully saturated rings. The van der Waals surface area contributed by atoms with E-state index in [-0.39, 0.29) is 5.91 Å². The van der Waals surface area contributed by atoms with Crippen molar-refractivity contribution in [3.05, 3.63) is 42.7 Å². The van der Waals surface area contributed by atoms with Crippen LogP contribution in [0, 0.1) is 35.5 Å². The van der Waals surface area contributed by atoms with Gasteiger partial charge in [0.05, 0.1) is 0 Å². The first-order valence-electron chi connectivity index (χ1n) is 8.03. The van der Waals surface area contributed by atoms with Gasteiger partial charge in [0.2, 0.25) is 0 Å². The number of aromatic nitrogens is 1. The van der Waals surface area contributed by atoms with E-state index in [4.69, 9.17) is 0 Å². The topological polar surface area (TPSA) is 33.2 Å². The lowest BCUT2D eigenvalue weighted by atomic mass is 9.69. The van der Waals surface area contributed by atoms with E-state index in [2.05, 4.69) is 24.6 Å². The molecule has 1 aliphatic heterocycles. The number of carbonyl (C=O) groups excluding carboxylic acids is 1. The maximum atomic E-state index is 12.6. The third kappa shape index (κ3) is 1.94. The molecule has 3 heteroatoms. The Morgan fingerprint density at radius 3 is 2.81 bits per heavy atom. The van der Waals surface area contributed by atoms with E-state index in [0.29, 0.717) is 23.4 Å². The molecule has 21 heavy (non-hydrogen) atoms. The lowest BCUT2D eigenvalue weighted by Crippen LogP contribution is -2.33. The Morgan fingerprint density at radius 1 is 1.29 bits per heavy atom. The summed E-state index contributed by atoms with van der Waals surface area (Å²) < 4.78 is 0. The van der Waals surface area contributed by atoms with Crippen LogP contribution in [0.4, 0.5) is 0 Å². The summed E-state index contributed by atoms with van der Waals surface area (Å²) in [4.78, 5) is 18.9. The predicted octanol–water partition coefficient (Wildman–Crippen LogP) is 2.86. The smallest absolute Gasteiger partial charge is 0.272 e. The van der Waals surface area contributed by atoms with E-state index < -0.39 is 0 Å². The van der Waals surface area contributed by atoms with E-state index in [1.54, 1.807) is 6.20 Å². The van der Waals surface area contributed by atoms with Crippen LogP contribution in [0.5, 0.6) is 0 Å². The summed E-state index contributed by atoms with van der Waals surface area (Å²) in [6, 6.07) is 5.55. The van der Waals surface area contributed by atoms with Crippen LogP contribution < -0.4 is 0 Å². The second-order valence-corrected chi connectivity index (χ2v) is 6.99. The van der Waals surface area contributed by atoms with Crippen molar-refractivity contribution in [3.63, 3.8) is 0 Å². The monoisotopic (exact) mass is 282 g/mol. The lowest BCUT2D eigenvalue weighted by Gasteiger charge is -2.35. The normalized spacial score (nSPS) is 40.3. The number of hydrogen-bond acceptors (Lipinski definition) is 2. The van der Waals surface area contributed by atoms with Crippen LogP contribution in [0.1, 0.15) is 23.8 Å². The molecule has 4 rings (SSSR count). The number of carbonyl (C=O) groups is 1. The largest absolute Gasteiger partial charge is 0.337 e. The summed E-state index contributed by atoms with van der Waals surface area (Å²) in [7, 11) is 0. The van der Waals surface area contributed by atoms with Gasteiger partial charge >= 0.3 is 0 Å². The molecule has 6 unspecified atom stereocenters. The molecule has 3 aliphatic rings. The molecule has 2 aliphatic carbocycles. The number of likely N-dealkylation sites (tertiary alicyclic amines) is 1. The molecule has 0 aromatic carbocycles. The molecule has 2 saturated carbocycles. The first-order chi connectivity index (χ1) is 10.2. The van der Waals surface area contributed by atoms with Crippen LogP contribution >= 0.6 is 0 Å². The maximum absolute atomic E-state index is 12.6. The van der Waals surface area contributed by atoms with E-state index in [1.807, 2.05) is 23.1 Å². The van der Waals surface area contributed by atoms with Crippen molar-refractivity contribution in [3.8, 4) is 0 Å². The molecule has 1 aromatic rings. The van der Waals surface area contributed by atoms with Crippen molar-refractivity contribution in [1.29, 1.82) is 0 Å². The number of allylic oxidation sites excluding steroid dienone is 1. The summed E-state index contributed by atoms with van der Waals surface area (Å²) in [5.74, 6) is 4.41. The Balaban J connectivity index is 1.56. The Morgan fingerprint density at radius 2 is 2.10 bits per heavy atom. The fraction of sp³-hybridized carbons (Fsp3) is 0.556. The number of nitrogens with zero attached hydrogens (tertiary/aromatic N) is 2. The molecule has 0 N–H and O–H groups in total. The number of pyridine rings is 1. The highest BCUT2D eigenvalue weighted by molar-refractivity contribution is 5.92. The van der Waals surface area contributed by atoms with Gasteiger partial charge in [0, 0.05) is 19.3 Å². The van der Waals surface area contributed by atoms with Crippen LogP contribution in [0.3, 0.4) is 0 Å². The van der Waals surface area contributed by atoms with Crippen molar-refractivity contribution in [2.24, 2.45) is 35.5 Å². The molecule has 6 atom stereocenters. The van der Waals surface area contributed by atoms with E-state index >= 15 is 0 Å². The molecule has 0 spiro atoms. The highest BCUT2D eigenvalue weighted by Gasteiger charge is 2.58. The highest BCUT2D eigenvalue weighted by atomic mass is 16.2. The maximum Gasteiger partial charge on any atom is 0.272 e. The summed E-state index contributed by atoms with van der Waals surface area (Å²) in [5.41, 5.74) is 0.573. The SMILES string of the molecule is C=CC1C2CC2C(C)C2CN(C(=O)c3ccccn3)CC12. The van der Waals surface area contributed by atoms with Gasteiger partial charge in [-0.2, -0.15) is 0 Å². The molecule has 1 saturated heterocycles. The standard InChI is InChI=1S/C18H22N2O/c1-3-12-14-8-13(14)11(2)15-9-20(10-16(12)15)18(21)17-6-4-5-7-19-17/h3-7,11-16H,1,8-10H2,2H3. The zero-order chi connectivity index (χ0) is 14.6. The van der Waals surface area contributed by atoms with Crippen LogP contribution in [0.25, 0.3) is 0 Å². The van der Waals surface area contributed by atoms with Gasteiger partial charge in [0.25, 0.3) is 5.91 Å². The molecule has 1 aromatic heterocycles. The average Bonchev–Trinajstić information content (AvgIpc) is 3.19. The number of amides is 1. The van der Waals surface area contributed by atoms with Gasteiger partial charge in [-0.3, -0.25) is 9.78 Å². The third-order valence-corrected chi connectivity index (χ3v) is 6.09. The summed E-state index contributed by atoms with van der Waals surface area (Å²) in [6.45, 7) is 8.22.